The molecule has 2 aromatic carbocycles. The van der Waals surface area contributed by atoms with Crippen LogP contribution in [-0.2, 0) is 16.0 Å². The zero-order chi connectivity index (χ0) is 18.8. The number of hydrogen-bond donors (Lipinski definition) is 0. The average Bonchev–Trinajstić information content (AvgIpc) is 3.51. The molecule has 2 aliphatic rings. The van der Waals surface area contributed by atoms with Gasteiger partial charge in [0.25, 0.3) is 0 Å². The van der Waals surface area contributed by atoms with Crippen molar-refractivity contribution >= 4 is 5.78 Å². The van der Waals surface area contributed by atoms with Gasteiger partial charge in [0.2, 0.25) is 0 Å². The monoisotopic (exact) mass is 368 g/mol. The van der Waals surface area contributed by atoms with E-state index in [1.807, 2.05) is 24.3 Å². The first-order chi connectivity index (χ1) is 13.1. The predicted octanol–water partition coefficient (Wildman–Crippen LogP) is 5.56. The van der Waals surface area contributed by atoms with Crippen molar-refractivity contribution in [2.45, 2.75) is 38.2 Å². The topological polar surface area (TPSA) is 29.6 Å². The third kappa shape index (κ3) is 4.16. The number of Topliss-reactive ketones (excluding diaryl/α,β-unsaturated/α-hetero) is 1. The average molecular weight is 368 g/mol. The molecule has 0 radical (unpaired) electrons. The van der Waals surface area contributed by atoms with Gasteiger partial charge in [-0.05, 0) is 36.3 Å². The number of benzene rings is 2. The number of carbonyl (C=O) groups is 1. The summed E-state index contributed by atoms with van der Waals surface area (Å²) in [5.41, 5.74) is 2.34. The van der Waals surface area contributed by atoms with Gasteiger partial charge in [0, 0.05) is 24.0 Å². The molecule has 0 spiro atoms. The molecule has 0 aromatic heterocycles. The van der Waals surface area contributed by atoms with Gasteiger partial charge in [-0.15, -0.1) is 0 Å². The Balaban J connectivity index is 1.42. The van der Waals surface area contributed by atoms with Crippen LogP contribution in [0.2, 0.25) is 0 Å². The Morgan fingerprint density at radius 1 is 1.00 bits per heavy atom. The lowest BCUT2D eigenvalue weighted by molar-refractivity contribution is -0.120. The standard InChI is InChI=1S/C23H22F2O2/c24-22-19(12-13-20(23(22)25)21-14-27-21)17-8-4-15(5-9-17)2-1-3-16-6-10-18(26)11-7-16/h1,3-5,8-9,12-13,16,21H,2,6-7,10-11,14H2/b3-1+. The molecule has 0 N–H and O–H groups in total. The third-order valence-electron chi connectivity index (χ3n) is 5.41. The quantitative estimate of drug-likeness (QED) is 0.511. The van der Waals surface area contributed by atoms with Gasteiger partial charge in [-0.2, -0.15) is 0 Å². The number of hydrogen-bond acceptors (Lipinski definition) is 2. The van der Waals surface area contributed by atoms with Gasteiger partial charge in [0.05, 0.1) is 6.61 Å². The van der Waals surface area contributed by atoms with E-state index in [0.29, 0.717) is 42.3 Å². The molecule has 2 aromatic rings. The molecule has 1 saturated heterocycles. The second kappa shape index (κ2) is 7.73. The lowest BCUT2D eigenvalue weighted by atomic mass is 9.88. The van der Waals surface area contributed by atoms with Gasteiger partial charge in [-0.1, -0.05) is 48.6 Å². The number of allylic oxidation sites excluding steroid dienone is 2. The predicted molar refractivity (Wildman–Crippen MR) is 100 cm³/mol. The van der Waals surface area contributed by atoms with Crippen LogP contribution in [0.4, 0.5) is 8.78 Å². The van der Waals surface area contributed by atoms with Crippen LogP contribution in [0.15, 0.2) is 48.6 Å². The van der Waals surface area contributed by atoms with Crippen molar-refractivity contribution in [2.75, 3.05) is 6.61 Å². The summed E-state index contributed by atoms with van der Waals surface area (Å²) < 4.78 is 33.7. The summed E-state index contributed by atoms with van der Waals surface area (Å²) >= 11 is 0. The number of halogens is 2. The van der Waals surface area contributed by atoms with E-state index in [9.17, 15) is 13.6 Å². The highest BCUT2D eigenvalue weighted by Crippen LogP contribution is 2.35. The van der Waals surface area contributed by atoms with E-state index in [1.165, 1.54) is 0 Å². The van der Waals surface area contributed by atoms with Crippen LogP contribution >= 0.6 is 0 Å². The Hall–Kier alpha value is -2.33. The fourth-order valence-corrected chi connectivity index (χ4v) is 3.64. The minimum atomic E-state index is -0.817. The minimum Gasteiger partial charge on any atom is -0.368 e. The van der Waals surface area contributed by atoms with Crippen molar-refractivity contribution in [3.8, 4) is 11.1 Å². The normalized spacial score (nSPS) is 20.4. The van der Waals surface area contributed by atoms with Crippen LogP contribution in [0.1, 0.15) is 42.9 Å². The van der Waals surface area contributed by atoms with Gasteiger partial charge in [0.15, 0.2) is 11.6 Å². The Kier molecular flexibility index (Phi) is 5.17. The summed E-state index contributed by atoms with van der Waals surface area (Å²) in [5.74, 6) is -0.764. The van der Waals surface area contributed by atoms with Crippen LogP contribution in [-0.4, -0.2) is 12.4 Å². The molecule has 2 nitrogen and oxygen atoms in total. The lowest BCUT2D eigenvalue weighted by Crippen LogP contribution is -2.11. The molecule has 0 bridgehead atoms. The largest absolute Gasteiger partial charge is 0.368 e. The van der Waals surface area contributed by atoms with E-state index in [0.717, 1.165) is 24.8 Å². The zero-order valence-electron chi connectivity index (χ0n) is 15.1. The fourth-order valence-electron chi connectivity index (χ4n) is 3.64. The molecular weight excluding hydrogens is 346 g/mol. The number of ether oxygens (including phenoxy) is 1. The van der Waals surface area contributed by atoms with Gasteiger partial charge in [-0.25, -0.2) is 8.78 Å². The van der Waals surface area contributed by atoms with Gasteiger partial charge >= 0.3 is 0 Å². The summed E-state index contributed by atoms with van der Waals surface area (Å²) in [5, 5.41) is 0. The SMILES string of the molecule is O=C1CCC(/C=C/Cc2ccc(-c3ccc(C4CO4)c(F)c3F)cc2)CC1. The van der Waals surface area contributed by atoms with E-state index in [1.54, 1.807) is 12.1 Å². The molecular formula is C23H22F2O2. The summed E-state index contributed by atoms with van der Waals surface area (Å²) in [6.45, 7) is 0.453. The first-order valence-corrected chi connectivity index (χ1v) is 9.49. The van der Waals surface area contributed by atoms with Crippen molar-refractivity contribution in [1.82, 2.24) is 0 Å². The van der Waals surface area contributed by atoms with E-state index in [4.69, 9.17) is 4.74 Å². The summed E-state index contributed by atoms with van der Waals surface area (Å²) in [4.78, 5) is 11.3. The first kappa shape index (κ1) is 18.1. The van der Waals surface area contributed by atoms with Crippen LogP contribution in [0.5, 0.6) is 0 Å². The van der Waals surface area contributed by atoms with Crippen molar-refractivity contribution in [1.29, 1.82) is 0 Å². The molecule has 0 amide bonds. The maximum absolute atomic E-state index is 14.4. The van der Waals surface area contributed by atoms with Gasteiger partial charge < -0.3 is 4.74 Å². The Labute approximate surface area is 157 Å². The summed E-state index contributed by atoms with van der Waals surface area (Å²) in [6.07, 6.45) is 8.11. The molecule has 4 heteroatoms. The molecule has 1 atom stereocenters. The van der Waals surface area contributed by atoms with Crippen molar-refractivity contribution < 1.29 is 18.3 Å². The van der Waals surface area contributed by atoms with E-state index >= 15 is 0 Å². The third-order valence-corrected chi connectivity index (χ3v) is 5.41. The van der Waals surface area contributed by atoms with Crippen molar-refractivity contribution in [3.05, 3.63) is 71.3 Å². The van der Waals surface area contributed by atoms with Gasteiger partial charge in [0.1, 0.15) is 11.9 Å². The molecule has 27 heavy (non-hydrogen) atoms. The Morgan fingerprint density at radius 2 is 1.70 bits per heavy atom. The minimum absolute atomic E-state index is 0.269. The highest BCUT2D eigenvalue weighted by atomic mass is 19.2. The molecule has 1 saturated carbocycles. The maximum atomic E-state index is 14.4. The van der Waals surface area contributed by atoms with Crippen molar-refractivity contribution in [2.24, 2.45) is 5.92 Å². The Bertz CT molecular complexity index is 857. The zero-order valence-corrected chi connectivity index (χ0v) is 15.1. The first-order valence-electron chi connectivity index (χ1n) is 9.49. The molecule has 2 fully saturated rings. The van der Waals surface area contributed by atoms with Crippen LogP contribution in [0, 0.1) is 17.6 Å². The second-order valence-electron chi connectivity index (χ2n) is 7.36. The molecule has 1 aliphatic carbocycles. The van der Waals surface area contributed by atoms with Crippen LogP contribution in [0.3, 0.4) is 0 Å². The second-order valence-corrected chi connectivity index (χ2v) is 7.36. The highest BCUT2D eigenvalue weighted by Gasteiger charge is 2.30. The van der Waals surface area contributed by atoms with Crippen LogP contribution in [0.25, 0.3) is 11.1 Å². The smallest absolute Gasteiger partial charge is 0.167 e. The highest BCUT2D eigenvalue weighted by molar-refractivity contribution is 5.79. The Morgan fingerprint density at radius 3 is 2.37 bits per heavy atom. The van der Waals surface area contributed by atoms with E-state index in [2.05, 4.69) is 12.2 Å². The molecule has 4 rings (SSSR count). The summed E-state index contributed by atoms with van der Waals surface area (Å²) in [6, 6.07) is 10.8. The number of rotatable bonds is 5. The molecule has 1 aliphatic heterocycles. The lowest BCUT2D eigenvalue weighted by Gasteiger charge is -2.16. The maximum Gasteiger partial charge on any atom is 0.167 e. The van der Waals surface area contributed by atoms with Crippen molar-refractivity contribution in [3.63, 3.8) is 0 Å². The van der Waals surface area contributed by atoms with E-state index in [-0.39, 0.29) is 11.7 Å². The number of ketones is 1. The fraction of sp³-hybridized carbons (Fsp3) is 0.348. The molecule has 1 unspecified atom stereocenters. The molecule has 140 valence electrons. The van der Waals surface area contributed by atoms with Crippen LogP contribution < -0.4 is 0 Å². The van der Waals surface area contributed by atoms with E-state index < -0.39 is 11.6 Å². The molecule has 1 heterocycles. The van der Waals surface area contributed by atoms with Gasteiger partial charge in [-0.3, -0.25) is 4.79 Å². The number of carbonyl (C=O) groups excluding carboxylic acids is 1. The number of epoxide rings is 1. The summed E-state index contributed by atoms with van der Waals surface area (Å²) in [7, 11) is 0.